The van der Waals surface area contributed by atoms with E-state index in [1.165, 1.54) is 11.3 Å². The largest absolute Gasteiger partial charge is 0.478 e. The second-order valence-corrected chi connectivity index (χ2v) is 10.1. The molecule has 0 saturated carbocycles. The average molecular weight is 519 g/mol. The maximum absolute atomic E-state index is 13.0. The summed E-state index contributed by atoms with van der Waals surface area (Å²) in [5, 5.41) is 17.5. The molecule has 4 N–H and O–H groups in total. The fraction of sp³-hybridized carbons (Fsp3) is 0.500. The summed E-state index contributed by atoms with van der Waals surface area (Å²) in [6.07, 6.45) is 3.33. The molecule has 1 saturated heterocycles. The van der Waals surface area contributed by atoms with Gasteiger partial charge in [-0.05, 0) is 37.8 Å². The van der Waals surface area contributed by atoms with E-state index in [1.807, 2.05) is 13.0 Å². The van der Waals surface area contributed by atoms with Crippen molar-refractivity contribution in [2.24, 2.45) is 0 Å². The number of amides is 1. The standard InChI is InChI=1S/C24H31ClN6O3S/c1-4-13(5-2)26-18-12-31(24-29-17-9-7-8-14(23(33)34)19(17)35-24)11-10-16(18)28-22(32)21-27-15(6-3)20(25)30-21/h7-9,13,16,18,26H,4-6,10-12H2,1-3H3,(H,27,30)(H,28,32)(H,33,34)/t16-,18-/m0/s1. The van der Waals surface area contributed by atoms with Gasteiger partial charge in [-0.1, -0.05) is 49.8 Å². The van der Waals surface area contributed by atoms with E-state index in [0.29, 0.717) is 47.3 Å². The fourth-order valence-electron chi connectivity index (χ4n) is 4.50. The SMILES string of the molecule is CCc1[nH]c(C(=O)N[C@H]2CCN(c3nc4cccc(C(=O)O)c4s3)C[C@@H]2NC(CC)CC)nc1Cl. The number of carbonyl (C=O) groups excluding carboxylic acids is 1. The van der Waals surface area contributed by atoms with E-state index in [2.05, 4.69) is 39.3 Å². The van der Waals surface area contributed by atoms with Crippen LogP contribution in [0.15, 0.2) is 18.2 Å². The number of carboxylic acid groups (broad SMARTS) is 1. The van der Waals surface area contributed by atoms with E-state index in [4.69, 9.17) is 16.6 Å². The van der Waals surface area contributed by atoms with Gasteiger partial charge in [0.15, 0.2) is 16.1 Å². The van der Waals surface area contributed by atoms with E-state index in [1.54, 1.807) is 12.1 Å². The van der Waals surface area contributed by atoms with Crippen LogP contribution in [0.3, 0.4) is 0 Å². The quantitative estimate of drug-likeness (QED) is 0.336. The van der Waals surface area contributed by atoms with Crippen molar-refractivity contribution in [1.29, 1.82) is 0 Å². The van der Waals surface area contributed by atoms with Crippen molar-refractivity contribution in [3.63, 3.8) is 0 Å². The molecule has 2 atom stereocenters. The molecule has 3 heterocycles. The first-order valence-electron chi connectivity index (χ1n) is 12.0. The zero-order chi connectivity index (χ0) is 25.1. The Labute approximate surface area is 213 Å². The Morgan fingerprint density at radius 1 is 1.26 bits per heavy atom. The number of piperidine rings is 1. The number of carboxylic acids is 1. The predicted octanol–water partition coefficient (Wildman–Crippen LogP) is 4.09. The first kappa shape index (κ1) is 25.4. The van der Waals surface area contributed by atoms with Crippen LogP contribution in [0.4, 0.5) is 5.13 Å². The van der Waals surface area contributed by atoms with Crippen LogP contribution >= 0.6 is 22.9 Å². The maximum atomic E-state index is 13.0. The molecule has 4 rings (SSSR count). The van der Waals surface area contributed by atoms with Crippen LogP contribution < -0.4 is 15.5 Å². The summed E-state index contributed by atoms with van der Waals surface area (Å²) >= 11 is 7.53. The molecule has 1 fully saturated rings. The number of hydrogen-bond acceptors (Lipinski definition) is 7. The zero-order valence-electron chi connectivity index (χ0n) is 20.1. The number of nitrogens with zero attached hydrogens (tertiary/aromatic N) is 3. The lowest BCUT2D eigenvalue weighted by atomic mass is 9.97. The Bertz CT molecular complexity index is 1210. The molecule has 0 aliphatic carbocycles. The van der Waals surface area contributed by atoms with Crippen LogP contribution in [0.2, 0.25) is 5.15 Å². The highest BCUT2D eigenvalue weighted by Crippen LogP contribution is 2.33. The van der Waals surface area contributed by atoms with Crippen LogP contribution in [0.5, 0.6) is 0 Å². The van der Waals surface area contributed by atoms with E-state index in [0.717, 1.165) is 23.7 Å². The molecule has 3 aromatic rings. The molecule has 1 aromatic carbocycles. The molecule has 2 aromatic heterocycles. The summed E-state index contributed by atoms with van der Waals surface area (Å²) in [4.78, 5) is 38.7. The third kappa shape index (κ3) is 5.44. The minimum Gasteiger partial charge on any atom is -0.478 e. The van der Waals surface area contributed by atoms with E-state index < -0.39 is 5.97 Å². The summed E-state index contributed by atoms with van der Waals surface area (Å²) in [5.41, 5.74) is 1.70. The summed E-state index contributed by atoms with van der Waals surface area (Å²) in [6, 6.07) is 5.37. The van der Waals surface area contributed by atoms with Crippen LogP contribution in [0.25, 0.3) is 10.2 Å². The normalized spacial score (nSPS) is 18.4. The topological polar surface area (TPSA) is 123 Å². The maximum Gasteiger partial charge on any atom is 0.337 e. The van der Waals surface area contributed by atoms with Gasteiger partial charge in [-0.3, -0.25) is 4.79 Å². The van der Waals surface area contributed by atoms with Crippen molar-refractivity contribution in [1.82, 2.24) is 25.6 Å². The second-order valence-electron chi connectivity index (χ2n) is 8.76. The van der Waals surface area contributed by atoms with Crippen molar-refractivity contribution in [3.8, 4) is 0 Å². The third-order valence-electron chi connectivity index (χ3n) is 6.57. The molecule has 11 heteroatoms. The Kier molecular flexibility index (Phi) is 7.93. The molecular formula is C24H31ClN6O3S. The van der Waals surface area contributed by atoms with E-state index >= 15 is 0 Å². The molecule has 0 spiro atoms. The number of H-pyrrole nitrogens is 1. The van der Waals surface area contributed by atoms with Gasteiger partial charge < -0.3 is 25.6 Å². The number of halogens is 1. The molecule has 0 unspecified atom stereocenters. The summed E-state index contributed by atoms with van der Waals surface area (Å²) in [6.45, 7) is 7.57. The Balaban J connectivity index is 1.55. The molecule has 35 heavy (non-hydrogen) atoms. The third-order valence-corrected chi connectivity index (χ3v) is 8.04. The van der Waals surface area contributed by atoms with Gasteiger partial charge in [-0.2, -0.15) is 0 Å². The number of thiazole rings is 1. The molecule has 0 bridgehead atoms. The number of hydrogen-bond donors (Lipinski definition) is 4. The van der Waals surface area contributed by atoms with Gasteiger partial charge in [0.05, 0.1) is 21.5 Å². The number of rotatable bonds is 9. The number of aromatic amines is 1. The van der Waals surface area contributed by atoms with Crippen molar-refractivity contribution in [3.05, 3.63) is 40.4 Å². The van der Waals surface area contributed by atoms with Gasteiger partial charge in [0.25, 0.3) is 5.91 Å². The van der Waals surface area contributed by atoms with Crippen molar-refractivity contribution >= 4 is 50.2 Å². The Hall–Kier alpha value is -2.69. The number of imidazole rings is 1. The van der Waals surface area contributed by atoms with Gasteiger partial charge >= 0.3 is 5.97 Å². The highest BCUT2D eigenvalue weighted by atomic mass is 35.5. The number of aryl methyl sites for hydroxylation is 1. The second kappa shape index (κ2) is 10.9. The molecule has 1 aliphatic rings. The first-order valence-corrected chi connectivity index (χ1v) is 13.2. The lowest BCUT2D eigenvalue weighted by molar-refractivity contribution is 0.0699. The molecule has 188 valence electrons. The average Bonchev–Trinajstić information content (AvgIpc) is 3.46. The van der Waals surface area contributed by atoms with Crippen molar-refractivity contribution in [2.75, 3.05) is 18.0 Å². The van der Waals surface area contributed by atoms with Gasteiger partial charge in [0.1, 0.15) is 0 Å². The molecule has 0 radical (unpaired) electrons. The van der Waals surface area contributed by atoms with Crippen LogP contribution in [0.1, 0.15) is 66.7 Å². The van der Waals surface area contributed by atoms with Crippen LogP contribution in [-0.4, -0.2) is 63.1 Å². The summed E-state index contributed by atoms with van der Waals surface area (Å²) in [5.74, 6) is -1.000. The number of carbonyl (C=O) groups is 2. The lowest BCUT2D eigenvalue weighted by Gasteiger charge is -2.40. The highest BCUT2D eigenvalue weighted by molar-refractivity contribution is 7.22. The zero-order valence-corrected chi connectivity index (χ0v) is 21.7. The summed E-state index contributed by atoms with van der Waals surface area (Å²) < 4.78 is 0.677. The van der Waals surface area contributed by atoms with Crippen LogP contribution in [-0.2, 0) is 6.42 Å². The van der Waals surface area contributed by atoms with E-state index in [9.17, 15) is 14.7 Å². The number of benzene rings is 1. The molecular weight excluding hydrogens is 488 g/mol. The van der Waals surface area contributed by atoms with Crippen molar-refractivity contribution < 1.29 is 14.7 Å². The van der Waals surface area contributed by atoms with Crippen molar-refractivity contribution in [2.45, 2.75) is 64.6 Å². The fourth-order valence-corrected chi connectivity index (χ4v) is 5.87. The van der Waals surface area contributed by atoms with Gasteiger partial charge in [-0.15, -0.1) is 0 Å². The number of nitrogens with one attached hydrogen (secondary N) is 3. The highest BCUT2D eigenvalue weighted by Gasteiger charge is 2.33. The Morgan fingerprint density at radius 3 is 2.69 bits per heavy atom. The van der Waals surface area contributed by atoms with Gasteiger partial charge in [0, 0.05) is 31.2 Å². The predicted molar refractivity (Wildman–Crippen MR) is 139 cm³/mol. The molecule has 1 amide bonds. The number of anilines is 1. The van der Waals surface area contributed by atoms with Gasteiger partial charge in [-0.25, -0.2) is 14.8 Å². The monoisotopic (exact) mass is 518 g/mol. The number of aromatic carboxylic acids is 1. The first-order chi connectivity index (χ1) is 16.8. The number of aromatic nitrogens is 3. The Morgan fingerprint density at radius 2 is 2.03 bits per heavy atom. The van der Waals surface area contributed by atoms with Crippen LogP contribution in [0, 0.1) is 0 Å². The van der Waals surface area contributed by atoms with Gasteiger partial charge in [0.2, 0.25) is 0 Å². The molecule has 9 nitrogen and oxygen atoms in total. The lowest BCUT2D eigenvalue weighted by Crippen LogP contribution is -2.61. The molecule has 1 aliphatic heterocycles. The minimum atomic E-state index is -0.954. The smallest absolute Gasteiger partial charge is 0.337 e. The van der Waals surface area contributed by atoms with E-state index in [-0.39, 0.29) is 29.4 Å². The summed E-state index contributed by atoms with van der Waals surface area (Å²) in [7, 11) is 0. The number of fused-ring (bicyclic) bond motifs is 1. The minimum absolute atomic E-state index is 0.0142.